The van der Waals surface area contributed by atoms with Crippen LogP contribution in [-0.4, -0.2) is 0 Å². The van der Waals surface area contributed by atoms with Gasteiger partial charge in [0.2, 0.25) is 0 Å². The van der Waals surface area contributed by atoms with Crippen LogP contribution in [0.4, 0.5) is 5.69 Å². The summed E-state index contributed by atoms with van der Waals surface area (Å²) in [5, 5.41) is 1.29. The first-order chi connectivity index (χ1) is 8.56. The molecular formula is C14H13Cl2NO. The Hall–Kier alpha value is -1.38. The molecule has 2 N–H and O–H groups in total. The van der Waals surface area contributed by atoms with Crippen molar-refractivity contribution in [3.05, 3.63) is 57.6 Å². The van der Waals surface area contributed by atoms with E-state index >= 15 is 0 Å². The van der Waals surface area contributed by atoms with Crippen molar-refractivity contribution in [2.45, 2.75) is 13.5 Å². The summed E-state index contributed by atoms with van der Waals surface area (Å²) < 4.78 is 5.72. The van der Waals surface area contributed by atoms with E-state index < -0.39 is 0 Å². The molecule has 2 nitrogen and oxygen atoms in total. The molecule has 0 fully saturated rings. The van der Waals surface area contributed by atoms with Crippen molar-refractivity contribution < 1.29 is 4.74 Å². The van der Waals surface area contributed by atoms with E-state index in [1.54, 1.807) is 18.2 Å². The second kappa shape index (κ2) is 5.51. The molecule has 94 valence electrons. The highest BCUT2D eigenvalue weighted by atomic mass is 35.5. The molecule has 0 bridgehead atoms. The minimum atomic E-state index is 0.379. The zero-order chi connectivity index (χ0) is 13.1. The van der Waals surface area contributed by atoms with Crippen molar-refractivity contribution in [3.63, 3.8) is 0 Å². The van der Waals surface area contributed by atoms with E-state index in [1.807, 2.05) is 25.1 Å². The molecule has 2 aromatic carbocycles. The van der Waals surface area contributed by atoms with Crippen molar-refractivity contribution in [3.8, 4) is 5.75 Å². The fraction of sp³-hybridized carbons (Fsp3) is 0.143. The standard InChI is InChI=1S/C14H13Cl2NO/c1-9-6-12(17)3-5-14(9)18-8-10-7-11(15)2-4-13(10)16/h2-7H,8,17H2,1H3. The van der Waals surface area contributed by atoms with Crippen LogP contribution < -0.4 is 10.5 Å². The molecule has 0 saturated heterocycles. The lowest BCUT2D eigenvalue weighted by Gasteiger charge is -2.11. The van der Waals surface area contributed by atoms with E-state index in [4.69, 9.17) is 33.7 Å². The highest BCUT2D eigenvalue weighted by Gasteiger charge is 2.04. The van der Waals surface area contributed by atoms with Gasteiger partial charge in [-0.25, -0.2) is 0 Å². The summed E-state index contributed by atoms with van der Waals surface area (Å²) in [6.45, 7) is 2.33. The topological polar surface area (TPSA) is 35.2 Å². The van der Waals surface area contributed by atoms with Crippen LogP contribution >= 0.6 is 23.2 Å². The van der Waals surface area contributed by atoms with Crippen LogP contribution in [-0.2, 0) is 6.61 Å². The number of rotatable bonds is 3. The number of aryl methyl sites for hydroxylation is 1. The van der Waals surface area contributed by atoms with Crippen LogP contribution in [0.1, 0.15) is 11.1 Å². The second-order valence-corrected chi connectivity index (χ2v) is 4.89. The van der Waals surface area contributed by atoms with E-state index in [1.165, 1.54) is 0 Å². The van der Waals surface area contributed by atoms with Crippen molar-refractivity contribution in [1.29, 1.82) is 0 Å². The lowest BCUT2D eigenvalue weighted by molar-refractivity contribution is 0.304. The molecule has 0 unspecified atom stereocenters. The largest absolute Gasteiger partial charge is 0.489 e. The average molecular weight is 282 g/mol. The van der Waals surface area contributed by atoms with Gasteiger partial charge in [0.15, 0.2) is 0 Å². The van der Waals surface area contributed by atoms with Crippen LogP contribution in [0.25, 0.3) is 0 Å². The summed E-state index contributed by atoms with van der Waals surface area (Å²) in [7, 11) is 0. The molecule has 0 heterocycles. The van der Waals surface area contributed by atoms with Gasteiger partial charge in [0.1, 0.15) is 12.4 Å². The average Bonchev–Trinajstić information content (AvgIpc) is 2.32. The molecule has 2 aromatic rings. The minimum Gasteiger partial charge on any atom is -0.489 e. The SMILES string of the molecule is Cc1cc(N)ccc1OCc1cc(Cl)ccc1Cl. The van der Waals surface area contributed by atoms with E-state index in [0.717, 1.165) is 22.6 Å². The number of hydrogen-bond donors (Lipinski definition) is 1. The predicted octanol–water partition coefficient (Wildman–Crippen LogP) is 4.46. The van der Waals surface area contributed by atoms with Crippen LogP contribution in [0.3, 0.4) is 0 Å². The van der Waals surface area contributed by atoms with Gasteiger partial charge < -0.3 is 10.5 Å². The number of halogens is 2. The van der Waals surface area contributed by atoms with Gasteiger partial charge >= 0.3 is 0 Å². The molecule has 0 aliphatic rings. The summed E-state index contributed by atoms with van der Waals surface area (Å²) in [5.41, 5.74) is 8.26. The Balaban J connectivity index is 2.13. The van der Waals surface area contributed by atoms with Crippen LogP contribution in [0.15, 0.2) is 36.4 Å². The first kappa shape index (κ1) is 13.1. The highest BCUT2D eigenvalue weighted by Crippen LogP contribution is 2.25. The number of benzene rings is 2. The molecular weight excluding hydrogens is 269 g/mol. The van der Waals surface area contributed by atoms with Gasteiger partial charge in [-0.2, -0.15) is 0 Å². The number of nitrogen functional groups attached to an aromatic ring is 1. The summed E-state index contributed by atoms with van der Waals surface area (Å²) in [6.07, 6.45) is 0. The van der Waals surface area contributed by atoms with E-state index in [2.05, 4.69) is 0 Å². The van der Waals surface area contributed by atoms with Crippen molar-refractivity contribution in [2.24, 2.45) is 0 Å². The molecule has 4 heteroatoms. The lowest BCUT2D eigenvalue weighted by Crippen LogP contribution is -1.98. The quantitative estimate of drug-likeness (QED) is 0.843. The molecule has 2 rings (SSSR count). The van der Waals surface area contributed by atoms with Gasteiger partial charge in [0.05, 0.1) is 0 Å². The molecule has 0 aromatic heterocycles. The summed E-state index contributed by atoms with van der Waals surface area (Å²) in [5.74, 6) is 0.792. The Morgan fingerprint density at radius 1 is 1.11 bits per heavy atom. The number of hydrogen-bond acceptors (Lipinski definition) is 2. The highest BCUT2D eigenvalue weighted by molar-refractivity contribution is 6.33. The Bertz CT molecular complexity index is 570. The first-order valence-corrected chi connectivity index (χ1v) is 6.24. The van der Waals surface area contributed by atoms with E-state index in [-0.39, 0.29) is 0 Å². The first-order valence-electron chi connectivity index (χ1n) is 5.49. The fourth-order valence-electron chi connectivity index (χ4n) is 1.64. The zero-order valence-corrected chi connectivity index (χ0v) is 11.4. The Labute approximate surface area is 116 Å². The third kappa shape index (κ3) is 3.09. The number of anilines is 1. The smallest absolute Gasteiger partial charge is 0.122 e. The molecule has 0 amide bonds. The van der Waals surface area contributed by atoms with Gasteiger partial charge in [0.25, 0.3) is 0 Å². The van der Waals surface area contributed by atoms with Crippen molar-refractivity contribution in [2.75, 3.05) is 5.73 Å². The normalized spacial score (nSPS) is 10.4. The second-order valence-electron chi connectivity index (χ2n) is 4.05. The van der Waals surface area contributed by atoms with Gasteiger partial charge in [-0.3, -0.25) is 0 Å². The fourth-order valence-corrected chi connectivity index (χ4v) is 2.01. The molecule has 0 atom stereocenters. The van der Waals surface area contributed by atoms with Gasteiger partial charge in [-0.05, 0) is 48.9 Å². The van der Waals surface area contributed by atoms with E-state index in [9.17, 15) is 0 Å². The Morgan fingerprint density at radius 3 is 2.61 bits per heavy atom. The monoisotopic (exact) mass is 281 g/mol. The lowest BCUT2D eigenvalue weighted by atomic mass is 10.2. The van der Waals surface area contributed by atoms with Crippen LogP contribution in [0.5, 0.6) is 5.75 Å². The number of ether oxygens (including phenoxy) is 1. The number of nitrogens with two attached hydrogens (primary N) is 1. The van der Waals surface area contributed by atoms with Gasteiger partial charge in [-0.15, -0.1) is 0 Å². The molecule has 0 spiro atoms. The molecule has 0 saturated carbocycles. The van der Waals surface area contributed by atoms with Gasteiger partial charge in [-0.1, -0.05) is 23.2 Å². The Kier molecular flexibility index (Phi) is 4.00. The Morgan fingerprint density at radius 2 is 1.89 bits per heavy atom. The zero-order valence-electron chi connectivity index (χ0n) is 9.91. The van der Waals surface area contributed by atoms with Gasteiger partial charge in [0, 0.05) is 21.3 Å². The maximum absolute atomic E-state index is 6.07. The molecule has 0 aliphatic heterocycles. The van der Waals surface area contributed by atoms with Crippen molar-refractivity contribution in [1.82, 2.24) is 0 Å². The third-order valence-corrected chi connectivity index (χ3v) is 3.19. The third-order valence-electron chi connectivity index (χ3n) is 2.59. The molecule has 0 radical (unpaired) electrons. The minimum absolute atomic E-state index is 0.379. The molecule has 18 heavy (non-hydrogen) atoms. The predicted molar refractivity (Wildman–Crippen MR) is 76.4 cm³/mol. The maximum atomic E-state index is 6.07. The van der Waals surface area contributed by atoms with E-state index in [0.29, 0.717) is 16.7 Å². The molecule has 0 aliphatic carbocycles. The summed E-state index contributed by atoms with van der Waals surface area (Å²) in [4.78, 5) is 0. The maximum Gasteiger partial charge on any atom is 0.122 e. The van der Waals surface area contributed by atoms with Crippen molar-refractivity contribution >= 4 is 28.9 Å². The summed E-state index contributed by atoms with van der Waals surface area (Å²) in [6, 6.07) is 10.8. The van der Waals surface area contributed by atoms with Crippen LogP contribution in [0, 0.1) is 6.92 Å². The summed E-state index contributed by atoms with van der Waals surface area (Å²) >= 11 is 12.0. The van der Waals surface area contributed by atoms with Crippen LogP contribution in [0.2, 0.25) is 10.0 Å².